The van der Waals surface area contributed by atoms with Crippen LogP contribution in [0.1, 0.15) is 19.4 Å². The molecule has 4 heteroatoms. The van der Waals surface area contributed by atoms with Gasteiger partial charge in [-0.15, -0.1) is 0 Å². The summed E-state index contributed by atoms with van der Waals surface area (Å²) >= 11 is 0. The number of hydrogen-bond acceptors (Lipinski definition) is 2. The second-order valence-electron chi connectivity index (χ2n) is 4.91. The molecule has 1 heterocycles. The molecular formula is C15H19N3O. The summed E-state index contributed by atoms with van der Waals surface area (Å²) in [5.41, 5.74) is 1.10. The average molecular weight is 257 g/mol. The van der Waals surface area contributed by atoms with Crippen molar-refractivity contribution >= 4 is 11.7 Å². The van der Waals surface area contributed by atoms with E-state index in [0.717, 1.165) is 5.56 Å². The number of aryl methyl sites for hydroxylation is 1. The third-order valence-electron chi connectivity index (χ3n) is 2.92. The van der Waals surface area contributed by atoms with Crippen molar-refractivity contribution in [2.24, 2.45) is 13.0 Å². The largest absolute Gasteiger partial charge is 0.291 e. The minimum atomic E-state index is -0.0503. The Kier molecular flexibility index (Phi) is 4.00. The number of amides is 1. The molecule has 0 saturated heterocycles. The number of carbonyl (C=O) groups is 1. The first-order valence-electron chi connectivity index (χ1n) is 6.43. The molecule has 1 aromatic carbocycles. The van der Waals surface area contributed by atoms with Crippen molar-refractivity contribution in [3.8, 4) is 0 Å². The molecule has 1 amide bonds. The van der Waals surface area contributed by atoms with Crippen molar-refractivity contribution in [2.45, 2.75) is 20.4 Å². The van der Waals surface area contributed by atoms with Gasteiger partial charge in [-0.05, 0) is 5.56 Å². The van der Waals surface area contributed by atoms with Gasteiger partial charge in [0.2, 0.25) is 5.91 Å². The van der Waals surface area contributed by atoms with E-state index >= 15 is 0 Å². The molecule has 100 valence electrons. The SMILES string of the molecule is CC(C)C(=O)N(Cc1ccccc1)c1ccn(C)n1. The Morgan fingerprint density at radius 3 is 2.47 bits per heavy atom. The monoisotopic (exact) mass is 257 g/mol. The van der Waals surface area contributed by atoms with Crippen LogP contribution in [0.25, 0.3) is 0 Å². The summed E-state index contributed by atoms with van der Waals surface area (Å²) < 4.78 is 1.71. The molecule has 4 nitrogen and oxygen atoms in total. The molecule has 2 rings (SSSR count). The quantitative estimate of drug-likeness (QED) is 0.844. The number of aromatic nitrogens is 2. The molecule has 0 bridgehead atoms. The van der Waals surface area contributed by atoms with Crippen LogP contribution in [0.4, 0.5) is 5.82 Å². The van der Waals surface area contributed by atoms with E-state index in [9.17, 15) is 4.79 Å². The molecule has 0 aliphatic rings. The smallest absolute Gasteiger partial charge is 0.231 e. The van der Waals surface area contributed by atoms with Crippen LogP contribution in [-0.4, -0.2) is 15.7 Å². The summed E-state index contributed by atoms with van der Waals surface area (Å²) in [5, 5.41) is 4.33. The van der Waals surface area contributed by atoms with Gasteiger partial charge in [0.15, 0.2) is 5.82 Å². The summed E-state index contributed by atoms with van der Waals surface area (Å²) in [7, 11) is 1.85. The van der Waals surface area contributed by atoms with Crippen LogP contribution < -0.4 is 4.90 Å². The van der Waals surface area contributed by atoms with Crippen molar-refractivity contribution in [2.75, 3.05) is 4.90 Å². The molecule has 0 unspecified atom stereocenters. The normalized spacial score (nSPS) is 10.7. The minimum Gasteiger partial charge on any atom is -0.291 e. The van der Waals surface area contributed by atoms with Crippen LogP contribution in [0.5, 0.6) is 0 Å². The van der Waals surface area contributed by atoms with E-state index in [0.29, 0.717) is 12.4 Å². The van der Waals surface area contributed by atoms with Gasteiger partial charge in [0, 0.05) is 25.2 Å². The molecule has 0 aliphatic heterocycles. The van der Waals surface area contributed by atoms with Crippen LogP contribution in [0.2, 0.25) is 0 Å². The fourth-order valence-electron chi connectivity index (χ4n) is 1.90. The maximum atomic E-state index is 12.3. The Morgan fingerprint density at radius 2 is 1.95 bits per heavy atom. The lowest BCUT2D eigenvalue weighted by Crippen LogP contribution is -2.34. The molecule has 1 aromatic heterocycles. The summed E-state index contributed by atoms with van der Waals surface area (Å²) in [4.78, 5) is 14.1. The van der Waals surface area contributed by atoms with Gasteiger partial charge < -0.3 is 0 Å². The van der Waals surface area contributed by atoms with Gasteiger partial charge in [0.25, 0.3) is 0 Å². The van der Waals surface area contributed by atoms with E-state index in [1.807, 2.05) is 63.5 Å². The topological polar surface area (TPSA) is 38.1 Å². The Bertz CT molecular complexity index is 546. The van der Waals surface area contributed by atoms with Crippen molar-refractivity contribution < 1.29 is 4.79 Å². The Morgan fingerprint density at radius 1 is 1.26 bits per heavy atom. The van der Waals surface area contributed by atoms with E-state index in [-0.39, 0.29) is 11.8 Å². The number of anilines is 1. The highest BCUT2D eigenvalue weighted by atomic mass is 16.2. The number of carbonyl (C=O) groups excluding carboxylic acids is 1. The van der Waals surface area contributed by atoms with Crippen LogP contribution in [0.3, 0.4) is 0 Å². The predicted octanol–water partition coefficient (Wildman–Crippen LogP) is 2.61. The van der Waals surface area contributed by atoms with Crippen LogP contribution >= 0.6 is 0 Å². The van der Waals surface area contributed by atoms with Crippen molar-refractivity contribution in [1.82, 2.24) is 9.78 Å². The molecule has 0 radical (unpaired) electrons. The first-order valence-corrected chi connectivity index (χ1v) is 6.43. The third-order valence-corrected chi connectivity index (χ3v) is 2.92. The van der Waals surface area contributed by atoms with E-state index in [1.165, 1.54) is 0 Å². The van der Waals surface area contributed by atoms with Crippen LogP contribution in [-0.2, 0) is 18.4 Å². The minimum absolute atomic E-state index is 0.0503. The van der Waals surface area contributed by atoms with E-state index in [2.05, 4.69) is 5.10 Å². The fraction of sp³-hybridized carbons (Fsp3) is 0.333. The number of hydrogen-bond donors (Lipinski definition) is 0. The lowest BCUT2D eigenvalue weighted by molar-refractivity contribution is -0.121. The molecular weight excluding hydrogens is 238 g/mol. The van der Waals surface area contributed by atoms with Crippen molar-refractivity contribution in [3.05, 3.63) is 48.2 Å². The molecule has 2 aromatic rings. The molecule has 0 fully saturated rings. The Hall–Kier alpha value is -2.10. The maximum Gasteiger partial charge on any atom is 0.231 e. The molecule has 0 atom stereocenters. The standard InChI is InChI=1S/C15H19N3O/c1-12(2)15(19)18(14-9-10-17(3)16-14)11-13-7-5-4-6-8-13/h4-10,12H,11H2,1-3H3. The predicted molar refractivity (Wildman–Crippen MR) is 75.7 cm³/mol. The zero-order valence-corrected chi connectivity index (χ0v) is 11.6. The number of benzene rings is 1. The average Bonchev–Trinajstić information content (AvgIpc) is 2.83. The first-order chi connectivity index (χ1) is 9.08. The van der Waals surface area contributed by atoms with Gasteiger partial charge in [0.1, 0.15) is 0 Å². The van der Waals surface area contributed by atoms with Gasteiger partial charge in [-0.2, -0.15) is 5.10 Å². The third kappa shape index (κ3) is 3.22. The maximum absolute atomic E-state index is 12.3. The summed E-state index contributed by atoms with van der Waals surface area (Å²) in [6.45, 7) is 4.36. The molecule has 0 N–H and O–H groups in total. The summed E-state index contributed by atoms with van der Waals surface area (Å²) in [6.07, 6.45) is 1.85. The Labute approximate surface area is 113 Å². The molecule has 0 aliphatic carbocycles. The van der Waals surface area contributed by atoms with Crippen molar-refractivity contribution in [3.63, 3.8) is 0 Å². The summed E-state index contributed by atoms with van der Waals surface area (Å²) in [5.74, 6) is 0.735. The number of nitrogens with zero attached hydrogens (tertiary/aromatic N) is 3. The van der Waals surface area contributed by atoms with Gasteiger partial charge in [-0.25, -0.2) is 0 Å². The zero-order chi connectivity index (χ0) is 13.8. The lowest BCUT2D eigenvalue weighted by Gasteiger charge is -2.22. The van der Waals surface area contributed by atoms with Gasteiger partial charge in [-0.1, -0.05) is 44.2 Å². The molecule has 0 spiro atoms. The lowest BCUT2D eigenvalue weighted by atomic mass is 10.1. The molecule has 0 saturated carbocycles. The van der Waals surface area contributed by atoms with E-state index < -0.39 is 0 Å². The van der Waals surface area contributed by atoms with Crippen LogP contribution in [0.15, 0.2) is 42.6 Å². The highest BCUT2D eigenvalue weighted by molar-refractivity contribution is 5.93. The highest BCUT2D eigenvalue weighted by Gasteiger charge is 2.20. The zero-order valence-electron chi connectivity index (χ0n) is 11.6. The molecule has 19 heavy (non-hydrogen) atoms. The summed E-state index contributed by atoms with van der Waals surface area (Å²) in [6, 6.07) is 11.8. The highest BCUT2D eigenvalue weighted by Crippen LogP contribution is 2.17. The van der Waals surface area contributed by atoms with Gasteiger partial charge in [0.05, 0.1) is 6.54 Å². The fourth-order valence-corrected chi connectivity index (χ4v) is 1.90. The number of rotatable bonds is 4. The van der Waals surface area contributed by atoms with Gasteiger partial charge >= 0.3 is 0 Å². The van der Waals surface area contributed by atoms with Gasteiger partial charge in [-0.3, -0.25) is 14.4 Å². The second-order valence-corrected chi connectivity index (χ2v) is 4.91. The Balaban J connectivity index is 2.27. The van der Waals surface area contributed by atoms with E-state index in [4.69, 9.17) is 0 Å². The second kappa shape index (κ2) is 5.69. The first kappa shape index (κ1) is 13.3. The van der Waals surface area contributed by atoms with E-state index in [1.54, 1.807) is 9.58 Å². The van der Waals surface area contributed by atoms with Crippen molar-refractivity contribution in [1.29, 1.82) is 0 Å². The van der Waals surface area contributed by atoms with Crippen LogP contribution in [0, 0.1) is 5.92 Å².